The molecule has 112 valence electrons. The lowest BCUT2D eigenvalue weighted by Gasteiger charge is -2.24. The van der Waals surface area contributed by atoms with Crippen molar-refractivity contribution in [2.24, 2.45) is 0 Å². The number of rotatable bonds is 4. The van der Waals surface area contributed by atoms with Crippen LogP contribution in [0.5, 0.6) is 0 Å². The fourth-order valence-corrected chi connectivity index (χ4v) is 4.60. The van der Waals surface area contributed by atoms with Crippen molar-refractivity contribution in [3.63, 3.8) is 0 Å². The molecule has 0 atom stereocenters. The molecule has 8 heteroatoms. The van der Waals surface area contributed by atoms with E-state index >= 15 is 0 Å². The molecule has 0 aliphatic rings. The van der Waals surface area contributed by atoms with E-state index in [0.717, 1.165) is 0 Å². The number of hydrogen-bond acceptors (Lipinski definition) is 4. The van der Waals surface area contributed by atoms with Crippen LogP contribution in [0.25, 0.3) is 0 Å². The second-order valence-electron chi connectivity index (χ2n) is 4.19. The standard InChI is InChI=1S/C13H13Cl2N3O2S/c1-2-18(10-3-5-17-6-4-10)21(19,20)13-11(14)7-9(16)8-12(13)15/h3-8H,2,16H2,1H3. The van der Waals surface area contributed by atoms with Gasteiger partial charge in [-0.3, -0.25) is 9.29 Å². The number of halogens is 2. The van der Waals surface area contributed by atoms with E-state index < -0.39 is 10.0 Å². The van der Waals surface area contributed by atoms with Crippen molar-refractivity contribution in [2.75, 3.05) is 16.6 Å². The SMILES string of the molecule is CCN(c1ccncc1)S(=O)(=O)c1c(Cl)cc(N)cc1Cl. The minimum atomic E-state index is -3.90. The zero-order valence-electron chi connectivity index (χ0n) is 11.1. The molecule has 0 bridgehead atoms. The van der Waals surface area contributed by atoms with Gasteiger partial charge in [0.25, 0.3) is 10.0 Å². The van der Waals surface area contributed by atoms with E-state index in [1.165, 1.54) is 28.8 Å². The van der Waals surface area contributed by atoms with Crippen molar-refractivity contribution in [1.82, 2.24) is 4.98 Å². The Bertz CT molecular complexity index is 728. The molecule has 2 N–H and O–H groups in total. The lowest BCUT2D eigenvalue weighted by molar-refractivity contribution is 0.592. The van der Waals surface area contributed by atoms with E-state index in [0.29, 0.717) is 11.4 Å². The van der Waals surface area contributed by atoms with Gasteiger partial charge in [0.2, 0.25) is 0 Å². The number of nitrogens with zero attached hydrogens (tertiary/aromatic N) is 2. The zero-order chi connectivity index (χ0) is 15.6. The number of nitrogen functional groups attached to an aromatic ring is 1. The number of anilines is 2. The molecule has 0 unspecified atom stereocenters. The van der Waals surface area contributed by atoms with Gasteiger partial charge in [-0.25, -0.2) is 8.42 Å². The van der Waals surface area contributed by atoms with Gasteiger partial charge < -0.3 is 5.73 Å². The summed E-state index contributed by atoms with van der Waals surface area (Å²) in [4.78, 5) is 3.72. The van der Waals surface area contributed by atoms with E-state index in [4.69, 9.17) is 28.9 Å². The van der Waals surface area contributed by atoms with Crippen molar-refractivity contribution < 1.29 is 8.42 Å². The maximum Gasteiger partial charge on any atom is 0.267 e. The van der Waals surface area contributed by atoms with Crippen LogP contribution in [0.4, 0.5) is 11.4 Å². The van der Waals surface area contributed by atoms with Gasteiger partial charge in [0, 0.05) is 24.6 Å². The number of nitrogens with two attached hydrogens (primary N) is 1. The van der Waals surface area contributed by atoms with E-state index in [2.05, 4.69) is 4.98 Å². The minimum absolute atomic E-state index is 0.00694. The average Bonchev–Trinajstić information content (AvgIpc) is 2.38. The summed E-state index contributed by atoms with van der Waals surface area (Å²) in [5.41, 5.74) is 6.39. The summed E-state index contributed by atoms with van der Waals surface area (Å²) in [5, 5.41) is -0.0139. The summed E-state index contributed by atoms with van der Waals surface area (Å²) >= 11 is 12.1. The first-order valence-electron chi connectivity index (χ1n) is 6.05. The van der Waals surface area contributed by atoms with Crippen LogP contribution in [-0.4, -0.2) is 19.9 Å². The quantitative estimate of drug-likeness (QED) is 0.863. The minimum Gasteiger partial charge on any atom is -0.399 e. The number of hydrogen-bond donors (Lipinski definition) is 1. The Kier molecular flexibility index (Phi) is 4.61. The molecule has 0 radical (unpaired) electrons. The fraction of sp³-hybridized carbons (Fsp3) is 0.154. The van der Waals surface area contributed by atoms with Crippen LogP contribution in [0.3, 0.4) is 0 Å². The molecule has 0 aliphatic heterocycles. The third-order valence-corrected chi connectivity index (χ3v) is 5.63. The smallest absolute Gasteiger partial charge is 0.267 e. The van der Waals surface area contributed by atoms with Gasteiger partial charge in [-0.15, -0.1) is 0 Å². The number of aromatic nitrogens is 1. The van der Waals surface area contributed by atoms with Crippen molar-refractivity contribution in [3.8, 4) is 0 Å². The van der Waals surface area contributed by atoms with Crippen molar-refractivity contribution in [1.29, 1.82) is 0 Å². The third kappa shape index (κ3) is 3.07. The summed E-state index contributed by atoms with van der Waals surface area (Å²) in [6.07, 6.45) is 3.03. The molecule has 0 amide bonds. The van der Waals surface area contributed by atoms with Gasteiger partial charge in [0.05, 0.1) is 15.7 Å². The number of sulfonamides is 1. The zero-order valence-corrected chi connectivity index (χ0v) is 13.5. The maximum atomic E-state index is 12.8. The van der Waals surface area contributed by atoms with E-state index in [1.54, 1.807) is 19.1 Å². The summed E-state index contributed by atoms with van der Waals surface area (Å²) in [7, 11) is -3.90. The lowest BCUT2D eigenvalue weighted by atomic mass is 10.3. The van der Waals surface area contributed by atoms with Crippen molar-refractivity contribution in [2.45, 2.75) is 11.8 Å². The first-order valence-corrected chi connectivity index (χ1v) is 8.24. The summed E-state index contributed by atoms with van der Waals surface area (Å²) in [6.45, 7) is 1.94. The molecular weight excluding hydrogens is 333 g/mol. The van der Waals surface area contributed by atoms with E-state index in [-0.39, 0.29) is 21.5 Å². The Balaban J connectivity index is 2.61. The highest BCUT2D eigenvalue weighted by atomic mass is 35.5. The largest absolute Gasteiger partial charge is 0.399 e. The fourth-order valence-electron chi connectivity index (χ4n) is 1.94. The molecule has 1 aromatic carbocycles. The van der Waals surface area contributed by atoms with E-state index in [1.807, 2.05) is 0 Å². The number of pyridine rings is 1. The van der Waals surface area contributed by atoms with Crippen LogP contribution in [0.15, 0.2) is 41.6 Å². The van der Waals surface area contributed by atoms with Gasteiger partial charge in [-0.1, -0.05) is 23.2 Å². The summed E-state index contributed by atoms with van der Waals surface area (Å²) < 4.78 is 26.8. The van der Waals surface area contributed by atoms with Crippen molar-refractivity contribution >= 4 is 44.6 Å². The highest BCUT2D eigenvalue weighted by Gasteiger charge is 2.29. The first-order chi connectivity index (χ1) is 9.87. The van der Waals surface area contributed by atoms with Crippen LogP contribution in [-0.2, 0) is 10.0 Å². The first kappa shape index (κ1) is 15.9. The van der Waals surface area contributed by atoms with Crippen LogP contribution >= 0.6 is 23.2 Å². The molecule has 0 fully saturated rings. The molecule has 2 rings (SSSR count). The molecule has 0 saturated carbocycles. The Labute approximate surface area is 133 Å². The molecule has 1 heterocycles. The Hall–Kier alpha value is -1.50. The van der Waals surface area contributed by atoms with Crippen LogP contribution in [0, 0.1) is 0 Å². The molecular formula is C13H13Cl2N3O2S. The topological polar surface area (TPSA) is 76.3 Å². The molecule has 5 nitrogen and oxygen atoms in total. The Morgan fingerprint density at radius 1 is 1.19 bits per heavy atom. The Morgan fingerprint density at radius 2 is 1.71 bits per heavy atom. The van der Waals surface area contributed by atoms with Crippen LogP contribution < -0.4 is 10.0 Å². The van der Waals surface area contributed by atoms with Gasteiger partial charge in [-0.05, 0) is 31.2 Å². The lowest BCUT2D eigenvalue weighted by Crippen LogP contribution is -2.31. The third-order valence-electron chi connectivity index (χ3n) is 2.81. The molecule has 0 aliphatic carbocycles. The van der Waals surface area contributed by atoms with Gasteiger partial charge >= 0.3 is 0 Å². The highest BCUT2D eigenvalue weighted by Crippen LogP contribution is 2.35. The molecule has 0 spiro atoms. The van der Waals surface area contributed by atoms with Crippen LogP contribution in [0.1, 0.15) is 6.92 Å². The predicted molar refractivity (Wildman–Crippen MR) is 85.3 cm³/mol. The van der Waals surface area contributed by atoms with Gasteiger partial charge in [0.15, 0.2) is 0 Å². The molecule has 0 saturated heterocycles. The van der Waals surface area contributed by atoms with E-state index in [9.17, 15) is 8.42 Å². The van der Waals surface area contributed by atoms with Gasteiger partial charge in [-0.2, -0.15) is 0 Å². The average molecular weight is 346 g/mol. The maximum absolute atomic E-state index is 12.8. The second-order valence-corrected chi connectivity index (χ2v) is 6.80. The normalized spacial score (nSPS) is 11.4. The summed E-state index contributed by atoms with van der Waals surface area (Å²) in [6, 6.07) is 5.92. The van der Waals surface area contributed by atoms with Crippen molar-refractivity contribution in [3.05, 3.63) is 46.7 Å². The van der Waals surface area contributed by atoms with Crippen LogP contribution in [0.2, 0.25) is 10.0 Å². The predicted octanol–water partition coefficient (Wildman–Crippen LogP) is 3.19. The summed E-state index contributed by atoms with van der Waals surface area (Å²) in [5.74, 6) is 0. The second kappa shape index (κ2) is 6.09. The molecule has 21 heavy (non-hydrogen) atoms. The monoisotopic (exact) mass is 345 g/mol. The highest BCUT2D eigenvalue weighted by molar-refractivity contribution is 7.93. The van der Waals surface area contributed by atoms with Gasteiger partial charge in [0.1, 0.15) is 4.90 Å². The number of benzene rings is 1. The molecule has 2 aromatic rings. The molecule has 1 aromatic heterocycles. The Morgan fingerprint density at radius 3 is 2.19 bits per heavy atom.